The van der Waals surface area contributed by atoms with Gasteiger partial charge in [0.2, 0.25) is 0 Å². The molecule has 0 saturated carbocycles. The molecule has 0 bridgehead atoms. The van der Waals surface area contributed by atoms with Gasteiger partial charge in [-0.1, -0.05) is 0 Å². The van der Waals surface area contributed by atoms with Crippen LogP contribution < -0.4 is 15.0 Å². The average molecular weight is 289 g/mol. The molecule has 0 amide bonds. The summed E-state index contributed by atoms with van der Waals surface area (Å²) in [5, 5.41) is 12.7. The van der Waals surface area contributed by atoms with Crippen LogP contribution in [0, 0.1) is 11.3 Å². The predicted molar refractivity (Wildman–Crippen MR) is 82.8 cm³/mol. The van der Waals surface area contributed by atoms with Crippen LogP contribution in [-0.2, 0) is 4.74 Å². The van der Waals surface area contributed by atoms with Gasteiger partial charge < -0.3 is 19.7 Å². The maximum atomic E-state index is 9.19. The van der Waals surface area contributed by atoms with Crippen LogP contribution >= 0.6 is 0 Å². The Balaban J connectivity index is 2.20. The van der Waals surface area contributed by atoms with Crippen molar-refractivity contribution in [1.29, 1.82) is 5.26 Å². The molecule has 1 fully saturated rings. The Bertz CT molecular complexity index is 513. The van der Waals surface area contributed by atoms with Crippen LogP contribution in [0.5, 0.6) is 5.75 Å². The molecule has 114 valence electrons. The highest BCUT2D eigenvalue weighted by molar-refractivity contribution is 5.58. The Hall–Kier alpha value is -1.77. The number of nitriles is 1. The Morgan fingerprint density at radius 2 is 2.19 bits per heavy atom. The molecule has 5 heteroatoms. The summed E-state index contributed by atoms with van der Waals surface area (Å²) in [5.41, 5.74) is 1.66. The summed E-state index contributed by atoms with van der Waals surface area (Å²) < 4.78 is 10.7. The van der Waals surface area contributed by atoms with E-state index in [9.17, 15) is 5.26 Å². The number of nitrogens with zero attached hydrogens (tertiary/aromatic N) is 2. The first kappa shape index (κ1) is 15.6. The maximum absolute atomic E-state index is 9.19. The molecule has 1 saturated heterocycles. The number of ether oxygens (including phenoxy) is 2. The first-order valence-electron chi connectivity index (χ1n) is 7.31. The first-order valence-corrected chi connectivity index (χ1v) is 7.31. The van der Waals surface area contributed by atoms with Crippen molar-refractivity contribution in [2.75, 3.05) is 38.3 Å². The van der Waals surface area contributed by atoms with E-state index in [1.165, 1.54) is 0 Å². The van der Waals surface area contributed by atoms with Crippen LogP contribution in [0.4, 0.5) is 5.69 Å². The minimum atomic E-state index is 0.418. The zero-order valence-electron chi connectivity index (χ0n) is 12.9. The van der Waals surface area contributed by atoms with E-state index in [1.54, 1.807) is 7.11 Å². The largest absolute Gasteiger partial charge is 0.490 e. The normalized spacial score (nSPS) is 21.9. The lowest BCUT2D eigenvalue weighted by Crippen LogP contribution is -2.54. The van der Waals surface area contributed by atoms with Crippen LogP contribution in [0.25, 0.3) is 0 Å². The number of hydrogen-bond donors (Lipinski definition) is 1. The van der Waals surface area contributed by atoms with E-state index in [4.69, 9.17) is 9.47 Å². The lowest BCUT2D eigenvalue weighted by Gasteiger charge is -2.39. The van der Waals surface area contributed by atoms with Crippen molar-refractivity contribution in [1.82, 2.24) is 5.32 Å². The zero-order chi connectivity index (χ0) is 15.2. The molecule has 1 aliphatic rings. The van der Waals surface area contributed by atoms with Crippen molar-refractivity contribution in [3.8, 4) is 11.8 Å². The number of methoxy groups -OCH3 is 1. The standard InChI is InChI=1S/C16H23N3O2/c1-12-11-19(13(2)10-18-12)15-5-4-14(9-17)16(8-15)21-7-6-20-3/h4-5,8,12-13,18H,6-7,10-11H2,1-3H3. The van der Waals surface area contributed by atoms with Crippen LogP contribution in [-0.4, -0.2) is 45.5 Å². The summed E-state index contributed by atoms with van der Waals surface area (Å²) in [5.74, 6) is 0.630. The fourth-order valence-corrected chi connectivity index (χ4v) is 2.52. The number of piperazine rings is 1. The van der Waals surface area contributed by atoms with Gasteiger partial charge in [-0.05, 0) is 26.0 Å². The van der Waals surface area contributed by atoms with Crippen LogP contribution in [0.2, 0.25) is 0 Å². The summed E-state index contributed by atoms with van der Waals surface area (Å²) in [6, 6.07) is 8.83. The summed E-state index contributed by atoms with van der Waals surface area (Å²) in [4.78, 5) is 2.35. The van der Waals surface area contributed by atoms with Gasteiger partial charge >= 0.3 is 0 Å². The summed E-state index contributed by atoms with van der Waals surface area (Å²) in [6.07, 6.45) is 0. The predicted octanol–water partition coefficient (Wildman–Crippen LogP) is 1.77. The SMILES string of the molecule is COCCOc1cc(N2CC(C)NCC2C)ccc1C#N. The molecule has 2 rings (SSSR count). The number of nitrogens with one attached hydrogen (secondary N) is 1. The molecule has 0 aromatic heterocycles. The fraction of sp³-hybridized carbons (Fsp3) is 0.562. The molecule has 2 atom stereocenters. The van der Waals surface area contributed by atoms with Gasteiger partial charge in [-0.3, -0.25) is 0 Å². The number of rotatable bonds is 5. The Labute approximate surface area is 126 Å². The van der Waals surface area contributed by atoms with Gasteiger partial charge in [-0.25, -0.2) is 0 Å². The van der Waals surface area contributed by atoms with Gasteiger partial charge in [-0.15, -0.1) is 0 Å². The molecule has 21 heavy (non-hydrogen) atoms. The highest BCUT2D eigenvalue weighted by Crippen LogP contribution is 2.27. The minimum Gasteiger partial charge on any atom is -0.490 e. The van der Waals surface area contributed by atoms with Crippen molar-refractivity contribution in [3.05, 3.63) is 23.8 Å². The summed E-state index contributed by atoms with van der Waals surface area (Å²) in [7, 11) is 1.63. The van der Waals surface area contributed by atoms with Gasteiger partial charge in [0, 0.05) is 44.0 Å². The molecular formula is C16H23N3O2. The molecule has 1 aliphatic heterocycles. The van der Waals surface area contributed by atoms with Crippen LogP contribution in [0.3, 0.4) is 0 Å². The van der Waals surface area contributed by atoms with Crippen LogP contribution in [0.1, 0.15) is 19.4 Å². The van der Waals surface area contributed by atoms with Crippen molar-refractivity contribution in [3.63, 3.8) is 0 Å². The second-order valence-corrected chi connectivity index (χ2v) is 5.44. The summed E-state index contributed by atoms with van der Waals surface area (Å²) >= 11 is 0. The molecule has 1 aromatic carbocycles. The maximum Gasteiger partial charge on any atom is 0.139 e. The topological polar surface area (TPSA) is 57.5 Å². The highest BCUT2D eigenvalue weighted by atomic mass is 16.5. The second-order valence-electron chi connectivity index (χ2n) is 5.44. The van der Waals surface area contributed by atoms with E-state index in [1.807, 2.05) is 18.2 Å². The molecular weight excluding hydrogens is 266 g/mol. The Morgan fingerprint density at radius 3 is 2.90 bits per heavy atom. The fourth-order valence-electron chi connectivity index (χ4n) is 2.52. The third kappa shape index (κ3) is 3.87. The average Bonchev–Trinajstić information content (AvgIpc) is 2.50. The zero-order valence-corrected chi connectivity index (χ0v) is 12.9. The molecule has 5 nitrogen and oxygen atoms in total. The molecule has 0 spiro atoms. The van der Waals surface area contributed by atoms with E-state index >= 15 is 0 Å². The van der Waals surface area contributed by atoms with Crippen molar-refractivity contribution in [2.24, 2.45) is 0 Å². The van der Waals surface area contributed by atoms with E-state index in [0.29, 0.717) is 36.6 Å². The van der Waals surface area contributed by atoms with E-state index in [2.05, 4.69) is 30.1 Å². The van der Waals surface area contributed by atoms with Crippen molar-refractivity contribution >= 4 is 5.69 Å². The highest BCUT2D eigenvalue weighted by Gasteiger charge is 2.23. The van der Waals surface area contributed by atoms with Crippen molar-refractivity contribution < 1.29 is 9.47 Å². The number of hydrogen-bond acceptors (Lipinski definition) is 5. The van der Waals surface area contributed by atoms with E-state index in [0.717, 1.165) is 18.8 Å². The number of benzene rings is 1. The minimum absolute atomic E-state index is 0.418. The third-order valence-corrected chi connectivity index (χ3v) is 3.73. The monoisotopic (exact) mass is 289 g/mol. The molecule has 2 unspecified atom stereocenters. The third-order valence-electron chi connectivity index (χ3n) is 3.73. The lowest BCUT2D eigenvalue weighted by atomic mass is 10.1. The molecule has 1 N–H and O–H groups in total. The van der Waals surface area contributed by atoms with Crippen LogP contribution in [0.15, 0.2) is 18.2 Å². The van der Waals surface area contributed by atoms with Gasteiger partial charge in [0.15, 0.2) is 0 Å². The smallest absolute Gasteiger partial charge is 0.139 e. The lowest BCUT2D eigenvalue weighted by molar-refractivity contribution is 0.146. The number of anilines is 1. The second kappa shape index (κ2) is 7.30. The molecule has 0 aliphatic carbocycles. The quantitative estimate of drug-likeness (QED) is 0.837. The van der Waals surface area contributed by atoms with Gasteiger partial charge in [0.05, 0.1) is 12.2 Å². The molecule has 1 aromatic rings. The van der Waals surface area contributed by atoms with E-state index in [-0.39, 0.29) is 0 Å². The van der Waals surface area contributed by atoms with Gasteiger partial charge in [0.1, 0.15) is 18.4 Å². The van der Waals surface area contributed by atoms with E-state index < -0.39 is 0 Å². The Kier molecular flexibility index (Phi) is 5.43. The van der Waals surface area contributed by atoms with Crippen molar-refractivity contribution in [2.45, 2.75) is 25.9 Å². The molecule has 0 radical (unpaired) electrons. The summed E-state index contributed by atoms with van der Waals surface area (Å²) in [6.45, 7) is 7.24. The van der Waals surface area contributed by atoms with Gasteiger partial charge in [0.25, 0.3) is 0 Å². The molecule has 1 heterocycles. The van der Waals surface area contributed by atoms with Gasteiger partial charge in [-0.2, -0.15) is 5.26 Å². The Morgan fingerprint density at radius 1 is 1.38 bits per heavy atom. The first-order chi connectivity index (χ1) is 10.2.